The van der Waals surface area contributed by atoms with Gasteiger partial charge in [-0.3, -0.25) is 0 Å². The van der Waals surface area contributed by atoms with Crippen molar-refractivity contribution >= 4 is 29.1 Å². The van der Waals surface area contributed by atoms with E-state index in [0.717, 1.165) is 24.5 Å². The first-order valence-electron chi connectivity index (χ1n) is 7.40. The number of hydrogen-bond donors (Lipinski definition) is 2. The highest BCUT2D eigenvalue weighted by Crippen LogP contribution is 2.29. The van der Waals surface area contributed by atoms with Crippen LogP contribution >= 0.6 is 11.6 Å². The van der Waals surface area contributed by atoms with Crippen molar-refractivity contribution in [1.29, 1.82) is 0 Å². The Labute approximate surface area is 136 Å². The van der Waals surface area contributed by atoms with E-state index in [4.69, 9.17) is 16.3 Å². The molecule has 118 valence electrons. The zero-order valence-corrected chi connectivity index (χ0v) is 13.7. The predicted molar refractivity (Wildman–Crippen MR) is 91.3 cm³/mol. The molecule has 0 saturated carbocycles. The average molecular weight is 321 g/mol. The topological polar surface area (TPSA) is 59.1 Å². The number of ether oxygens (including phenoxy) is 1. The Morgan fingerprint density at radius 2 is 2.09 bits per heavy atom. The largest absolute Gasteiger partial charge is 0.495 e. The molecule has 1 heterocycles. The summed E-state index contributed by atoms with van der Waals surface area (Å²) in [4.78, 5) is 8.66. The molecule has 0 radical (unpaired) electrons. The SMILES string of the molecule is CCCCCNc1ccnc(Nc2cc(Cl)ccc2OC)n1. The minimum Gasteiger partial charge on any atom is -0.495 e. The van der Waals surface area contributed by atoms with E-state index in [0.29, 0.717) is 16.7 Å². The van der Waals surface area contributed by atoms with E-state index < -0.39 is 0 Å². The third kappa shape index (κ3) is 4.77. The van der Waals surface area contributed by atoms with Crippen LogP contribution in [0, 0.1) is 0 Å². The van der Waals surface area contributed by atoms with Gasteiger partial charge in [0, 0.05) is 17.8 Å². The minimum absolute atomic E-state index is 0.501. The highest BCUT2D eigenvalue weighted by atomic mass is 35.5. The Balaban J connectivity index is 2.05. The second kappa shape index (κ2) is 8.44. The van der Waals surface area contributed by atoms with Gasteiger partial charge in [0.05, 0.1) is 12.8 Å². The van der Waals surface area contributed by atoms with E-state index in [1.165, 1.54) is 12.8 Å². The number of anilines is 3. The van der Waals surface area contributed by atoms with Crippen LogP contribution in [0.25, 0.3) is 0 Å². The quantitative estimate of drug-likeness (QED) is 0.702. The molecule has 0 amide bonds. The summed E-state index contributed by atoms with van der Waals surface area (Å²) >= 11 is 6.02. The predicted octanol–water partition coefficient (Wildman–Crippen LogP) is 4.48. The molecule has 5 nitrogen and oxygen atoms in total. The fourth-order valence-corrected chi connectivity index (χ4v) is 2.18. The lowest BCUT2D eigenvalue weighted by molar-refractivity contribution is 0.417. The lowest BCUT2D eigenvalue weighted by Crippen LogP contribution is -2.05. The monoisotopic (exact) mass is 320 g/mol. The van der Waals surface area contributed by atoms with Gasteiger partial charge in [0.25, 0.3) is 0 Å². The van der Waals surface area contributed by atoms with Crippen molar-refractivity contribution in [2.75, 3.05) is 24.3 Å². The van der Waals surface area contributed by atoms with Gasteiger partial charge in [-0.1, -0.05) is 31.4 Å². The number of benzene rings is 1. The third-order valence-corrected chi connectivity index (χ3v) is 3.39. The van der Waals surface area contributed by atoms with E-state index in [2.05, 4.69) is 27.5 Å². The van der Waals surface area contributed by atoms with Gasteiger partial charge in [-0.2, -0.15) is 4.98 Å². The van der Waals surface area contributed by atoms with Gasteiger partial charge in [-0.05, 0) is 30.7 Å². The van der Waals surface area contributed by atoms with Crippen LogP contribution in [0.4, 0.5) is 17.5 Å². The maximum absolute atomic E-state index is 6.02. The molecule has 0 fully saturated rings. The van der Waals surface area contributed by atoms with Crippen molar-refractivity contribution in [1.82, 2.24) is 9.97 Å². The Bertz CT molecular complexity index is 606. The Morgan fingerprint density at radius 3 is 2.86 bits per heavy atom. The molecule has 6 heteroatoms. The van der Waals surface area contributed by atoms with Crippen molar-refractivity contribution in [2.24, 2.45) is 0 Å². The maximum atomic E-state index is 6.02. The van der Waals surface area contributed by atoms with Gasteiger partial charge in [-0.15, -0.1) is 0 Å². The Kier molecular flexibility index (Phi) is 6.27. The molecule has 0 bridgehead atoms. The third-order valence-electron chi connectivity index (χ3n) is 3.15. The van der Waals surface area contributed by atoms with Gasteiger partial charge < -0.3 is 15.4 Å². The Morgan fingerprint density at radius 1 is 1.23 bits per heavy atom. The first-order valence-corrected chi connectivity index (χ1v) is 7.78. The number of nitrogens with one attached hydrogen (secondary N) is 2. The van der Waals surface area contributed by atoms with E-state index in [-0.39, 0.29) is 0 Å². The summed E-state index contributed by atoms with van der Waals surface area (Å²) in [5.41, 5.74) is 0.734. The molecule has 2 rings (SSSR count). The van der Waals surface area contributed by atoms with Crippen molar-refractivity contribution < 1.29 is 4.74 Å². The smallest absolute Gasteiger partial charge is 0.229 e. The highest BCUT2D eigenvalue weighted by Gasteiger charge is 2.06. The number of nitrogens with zero attached hydrogens (tertiary/aromatic N) is 2. The van der Waals surface area contributed by atoms with Crippen LogP contribution in [-0.2, 0) is 0 Å². The average Bonchev–Trinajstić information content (AvgIpc) is 2.52. The zero-order chi connectivity index (χ0) is 15.8. The van der Waals surface area contributed by atoms with Crippen molar-refractivity contribution in [3.05, 3.63) is 35.5 Å². The summed E-state index contributed by atoms with van der Waals surface area (Å²) in [5.74, 6) is 1.99. The molecule has 0 spiro atoms. The first-order chi connectivity index (χ1) is 10.7. The van der Waals surface area contributed by atoms with E-state index in [9.17, 15) is 0 Å². The van der Waals surface area contributed by atoms with Gasteiger partial charge >= 0.3 is 0 Å². The van der Waals surface area contributed by atoms with E-state index >= 15 is 0 Å². The van der Waals surface area contributed by atoms with Crippen LogP contribution in [0.1, 0.15) is 26.2 Å². The molecule has 0 aliphatic heterocycles. The fourth-order valence-electron chi connectivity index (χ4n) is 2.01. The van der Waals surface area contributed by atoms with Crippen molar-refractivity contribution in [2.45, 2.75) is 26.2 Å². The lowest BCUT2D eigenvalue weighted by atomic mass is 10.2. The van der Waals surface area contributed by atoms with Crippen LogP contribution in [0.3, 0.4) is 0 Å². The maximum Gasteiger partial charge on any atom is 0.229 e. The number of rotatable bonds is 8. The molecule has 2 aromatic rings. The normalized spacial score (nSPS) is 10.3. The molecule has 0 aliphatic rings. The lowest BCUT2D eigenvalue weighted by Gasteiger charge is -2.11. The van der Waals surface area contributed by atoms with Crippen LogP contribution in [0.5, 0.6) is 5.75 Å². The minimum atomic E-state index is 0.501. The molecule has 1 aromatic heterocycles. The summed E-state index contributed by atoms with van der Waals surface area (Å²) in [6.45, 7) is 3.09. The van der Waals surface area contributed by atoms with Gasteiger partial charge in [0.15, 0.2) is 0 Å². The molecule has 22 heavy (non-hydrogen) atoms. The van der Waals surface area contributed by atoms with Crippen molar-refractivity contribution in [3.63, 3.8) is 0 Å². The summed E-state index contributed by atoms with van der Waals surface area (Å²) in [5, 5.41) is 7.05. The number of unbranched alkanes of at least 4 members (excludes halogenated alkanes) is 2. The molecule has 1 aromatic carbocycles. The highest BCUT2D eigenvalue weighted by molar-refractivity contribution is 6.30. The van der Waals surface area contributed by atoms with Gasteiger partial charge in [0.1, 0.15) is 11.6 Å². The van der Waals surface area contributed by atoms with Crippen LogP contribution in [-0.4, -0.2) is 23.6 Å². The molecule has 2 N–H and O–H groups in total. The number of methoxy groups -OCH3 is 1. The molecule has 0 atom stereocenters. The summed E-state index contributed by atoms with van der Waals surface area (Å²) in [6.07, 6.45) is 5.26. The summed E-state index contributed by atoms with van der Waals surface area (Å²) < 4.78 is 5.30. The van der Waals surface area contributed by atoms with Crippen molar-refractivity contribution in [3.8, 4) is 5.75 Å². The number of aromatic nitrogens is 2. The fraction of sp³-hybridized carbons (Fsp3) is 0.375. The number of hydrogen-bond acceptors (Lipinski definition) is 5. The number of halogens is 1. The van der Waals surface area contributed by atoms with Crippen LogP contribution < -0.4 is 15.4 Å². The van der Waals surface area contributed by atoms with Crippen LogP contribution in [0.2, 0.25) is 5.02 Å². The van der Waals surface area contributed by atoms with E-state index in [1.54, 1.807) is 31.5 Å². The van der Waals surface area contributed by atoms with Gasteiger partial charge in [0.2, 0.25) is 5.95 Å². The standard InChI is InChI=1S/C16H21ClN4O/c1-3-4-5-9-18-15-8-10-19-16(21-15)20-13-11-12(17)6-7-14(13)22-2/h6-8,10-11H,3-5,9H2,1-2H3,(H2,18,19,20,21). The second-order valence-corrected chi connectivity index (χ2v) is 5.31. The summed E-state index contributed by atoms with van der Waals surface area (Å²) in [7, 11) is 1.61. The molecular formula is C16H21ClN4O. The molecule has 0 saturated heterocycles. The van der Waals surface area contributed by atoms with Gasteiger partial charge in [-0.25, -0.2) is 4.98 Å². The molecule has 0 unspecified atom stereocenters. The zero-order valence-electron chi connectivity index (χ0n) is 12.9. The Hall–Kier alpha value is -2.01. The molecule has 0 aliphatic carbocycles. The summed E-state index contributed by atoms with van der Waals surface area (Å²) in [6, 6.07) is 7.22. The first kappa shape index (κ1) is 16.4. The van der Waals surface area contributed by atoms with E-state index in [1.807, 2.05) is 6.07 Å². The second-order valence-electron chi connectivity index (χ2n) is 4.87. The molecular weight excluding hydrogens is 300 g/mol. The van der Waals surface area contributed by atoms with Crippen LogP contribution in [0.15, 0.2) is 30.5 Å².